The molecule has 1 aromatic carbocycles. The highest BCUT2D eigenvalue weighted by molar-refractivity contribution is 7.99. The third-order valence-electron chi connectivity index (χ3n) is 2.22. The number of nitrogens with zero attached hydrogens (tertiary/aromatic N) is 1. The Bertz CT molecular complexity index is 437. The fourth-order valence-electron chi connectivity index (χ4n) is 1.46. The van der Waals surface area contributed by atoms with Crippen LogP contribution >= 0.6 is 11.8 Å². The molecule has 0 radical (unpaired) electrons. The van der Waals surface area contributed by atoms with Crippen molar-refractivity contribution in [1.82, 2.24) is 10.3 Å². The normalized spacial score (nSPS) is 10.7. The van der Waals surface area contributed by atoms with E-state index in [9.17, 15) is 0 Å². The van der Waals surface area contributed by atoms with Crippen LogP contribution in [-0.2, 0) is 0 Å². The summed E-state index contributed by atoms with van der Waals surface area (Å²) in [6.07, 6.45) is 1.88. The number of para-hydroxylation sites is 1. The molecule has 2 nitrogen and oxygen atoms in total. The molecule has 15 heavy (non-hydrogen) atoms. The molecule has 0 fully saturated rings. The quantitative estimate of drug-likeness (QED) is 0.630. The van der Waals surface area contributed by atoms with Gasteiger partial charge in [-0.1, -0.05) is 18.2 Å². The molecule has 0 amide bonds. The average Bonchev–Trinajstić information content (AvgIpc) is 2.30. The third-order valence-corrected chi connectivity index (χ3v) is 3.29. The van der Waals surface area contributed by atoms with Crippen LogP contribution in [0.4, 0.5) is 0 Å². The van der Waals surface area contributed by atoms with E-state index in [-0.39, 0.29) is 0 Å². The SMILES string of the molecule is CNCCSc1ccnc2ccccc12. The standard InChI is InChI=1S/C12H14N2S/c1-13-8-9-15-12-6-7-14-11-5-3-2-4-10(11)12/h2-7,13H,8-9H2,1H3. The van der Waals surface area contributed by atoms with Crippen LogP contribution in [0, 0.1) is 0 Å². The molecule has 0 unspecified atom stereocenters. The van der Waals surface area contributed by atoms with Crippen LogP contribution in [0.25, 0.3) is 10.9 Å². The highest BCUT2D eigenvalue weighted by Gasteiger charge is 2.00. The highest BCUT2D eigenvalue weighted by Crippen LogP contribution is 2.25. The van der Waals surface area contributed by atoms with Crippen LogP contribution in [0.3, 0.4) is 0 Å². The lowest BCUT2D eigenvalue weighted by Crippen LogP contribution is -2.09. The topological polar surface area (TPSA) is 24.9 Å². The number of fused-ring (bicyclic) bond motifs is 1. The zero-order valence-corrected chi connectivity index (χ0v) is 9.55. The van der Waals surface area contributed by atoms with E-state index in [1.54, 1.807) is 0 Å². The van der Waals surface area contributed by atoms with Gasteiger partial charge in [-0.3, -0.25) is 4.98 Å². The summed E-state index contributed by atoms with van der Waals surface area (Å²) in [7, 11) is 1.98. The number of hydrogen-bond donors (Lipinski definition) is 1. The van der Waals surface area contributed by atoms with E-state index in [0.29, 0.717) is 0 Å². The van der Waals surface area contributed by atoms with Crippen molar-refractivity contribution in [2.24, 2.45) is 0 Å². The van der Waals surface area contributed by atoms with Gasteiger partial charge in [0, 0.05) is 28.8 Å². The molecule has 0 spiro atoms. The minimum atomic E-state index is 1.03. The van der Waals surface area contributed by atoms with Crippen LogP contribution < -0.4 is 5.32 Å². The number of benzene rings is 1. The highest BCUT2D eigenvalue weighted by atomic mass is 32.2. The number of rotatable bonds is 4. The van der Waals surface area contributed by atoms with Crippen molar-refractivity contribution in [1.29, 1.82) is 0 Å². The Balaban J connectivity index is 2.26. The van der Waals surface area contributed by atoms with Crippen molar-refractivity contribution < 1.29 is 0 Å². The smallest absolute Gasteiger partial charge is 0.0713 e. The molecule has 1 aromatic heterocycles. The first kappa shape index (κ1) is 10.5. The van der Waals surface area contributed by atoms with Crippen LogP contribution in [-0.4, -0.2) is 24.3 Å². The maximum Gasteiger partial charge on any atom is 0.0713 e. The predicted molar refractivity (Wildman–Crippen MR) is 66.4 cm³/mol. The number of pyridine rings is 1. The average molecular weight is 218 g/mol. The van der Waals surface area contributed by atoms with Gasteiger partial charge in [0.15, 0.2) is 0 Å². The van der Waals surface area contributed by atoms with Gasteiger partial charge in [0.1, 0.15) is 0 Å². The number of aromatic nitrogens is 1. The summed E-state index contributed by atoms with van der Waals surface area (Å²) in [6, 6.07) is 10.4. The van der Waals surface area contributed by atoms with E-state index in [4.69, 9.17) is 0 Å². The third kappa shape index (κ3) is 2.49. The Labute approximate surface area is 94.1 Å². The van der Waals surface area contributed by atoms with Gasteiger partial charge in [-0.15, -0.1) is 11.8 Å². The molecule has 0 atom stereocenters. The van der Waals surface area contributed by atoms with Crippen molar-refractivity contribution in [3.63, 3.8) is 0 Å². The van der Waals surface area contributed by atoms with E-state index in [1.807, 2.05) is 31.1 Å². The second-order valence-electron chi connectivity index (χ2n) is 3.28. The second-order valence-corrected chi connectivity index (χ2v) is 4.42. The van der Waals surface area contributed by atoms with E-state index in [2.05, 4.69) is 34.6 Å². The van der Waals surface area contributed by atoms with Crippen LogP contribution in [0.5, 0.6) is 0 Å². The first-order valence-corrected chi connectivity index (χ1v) is 6.01. The van der Waals surface area contributed by atoms with E-state index in [0.717, 1.165) is 17.8 Å². The van der Waals surface area contributed by atoms with Crippen LogP contribution in [0.15, 0.2) is 41.4 Å². The van der Waals surface area contributed by atoms with Gasteiger partial charge in [0.25, 0.3) is 0 Å². The Morgan fingerprint density at radius 1 is 1.27 bits per heavy atom. The number of nitrogens with one attached hydrogen (secondary N) is 1. The van der Waals surface area contributed by atoms with Crippen molar-refractivity contribution in [3.05, 3.63) is 36.5 Å². The van der Waals surface area contributed by atoms with Crippen molar-refractivity contribution >= 4 is 22.7 Å². The Hall–Kier alpha value is -1.06. The van der Waals surface area contributed by atoms with Crippen molar-refractivity contribution in [2.75, 3.05) is 19.3 Å². The molecule has 0 saturated carbocycles. The lowest BCUT2D eigenvalue weighted by Gasteiger charge is -2.04. The lowest BCUT2D eigenvalue weighted by atomic mass is 10.2. The molecule has 0 aliphatic carbocycles. The van der Waals surface area contributed by atoms with Gasteiger partial charge < -0.3 is 5.32 Å². The van der Waals surface area contributed by atoms with E-state index in [1.165, 1.54) is 10.3 Å². The van der Waals surface area contributed by atoms with Crippen molar-refractivity contribution in [2.45, 2.75) is 4.90 Å². The molecule has 78 valence electrons. The van der Waals surface area contributed by atoms with E-state index < -0.39 is 0 Å². The monoisotopic (exact) mass is 218 g/mol. The van der Waals surface area contributed by atoms with Gasteiger partial charge in [-0.2, -0.15) is 0 Å². The van der Waals surface area contributed by atoms with Gasteiger partial charge in [-0.05, 0) is 19.2 Å². The first-order chi connectivity index (χ1) is 7.42. The molecule has 0 saturated heterocycles. The lowest BCUT2D eigenvalue weighted by molar-refractivity contribution is 0.872. The zero-order valence-electron chi connectivity index (χ0n) is 8.73. The van der Waals surface area contributed by atoms with Gasteiger partial charge in [-0.25, -0.2) is 0 Å². The molecule has 2 rings (SSSR count). The largest absolute Gasteiger partial charge is 0.319 e. The zero-order chi connectivity index (χ0) is 10.5. The minimum absolute atomic E-state index is 1.03. The molecule has 2 aromatic rings. The predicted octanol–water partition coefficient (Wildman–Crippen LogP) is 2.55. The fourth-order valence-corrected chi connectivity index (χ4v) is 2.47. The summed E-state index contributed by atoms with van der Waals surface area (Å²) < 4.78 is 0. The van der Waals surface area contributed by atoms with Crippen LogP contribution in [0.2, 0.25) is 0 Å². The molecule has 1 N–H and O–H groups in total. The Morgan fingerprint density at radius 2 is 2.13 bits per heavy atom. The van der Waals surface area contributed by atoms with Crippen molar-refractivity contribution in [3.8, 4) is 0 Å². The molecule has 0 aliphatic rings. The Morgan fingerprint density at radius 3 is 3.00 bits per heavy atom. The molecular weight excluding hydrogens is 204 g/mol. The second kappa shape index (κ2) is 5.14. The summed E-state index contributed by atoms with van der Waals surface area (Å²) >= 11 is 1.87. The Kier molecular flexibility index (Phi) is 3.59. The van der Waals surface area contributed by atoms with E-state index >= 15 is 0 Å². The summed E-state index contributed by atoms with van der Waals surface area (Å²) in [6.45, 7) is 1.03. The summed E-state index contributed by atoms with van der Waals surface area (Å²) in [4.78, 5) is 5.66. The van der Waals surface area contributed by atoms with Gasteiger partial charge in [0.2, 0.25) is 0 Å². The van der Waals surface area contributed by atoms with Crippen LogP contribution in [0.1, 0.15) is 0 Å². The maximum absolute atomic E-state index is 4.34. The maximum atomic E-state index is 4.34. The summed E-state index contributed by atoms with van der Waals surface area (Å²) in [5, 5.41) is 4.40. The summed E-state index contributed by atoms with van der Waals surface area (Å²) in [5.74, 6) is 1.09. The molecule has 1 heterocycles. The molecular formula is C12H14N2S. The fraction of sp³-hybridized carbons (Fsp3) is 0.250. The number of thioether (sulfide) groups is 1. The van der Waals surface area contributed by atoms with Gasteiger partial charge >= 0.3 is 0 Å². The molecule has 0 bridgehead atoms. The molecule has 0 aliphatic heterocycles. The number of hydrogen-bond acceptors (Lipinski definition) is 3. The first-order valence-electron chi connectivity index (χ1n) is 5.03. The minimum Gasteiger partial charge on any atom is -0.319 e. The van der Waals surface area contributed by atoms with Gasteiger partial charge in [0.05, 0.1) is 5.52 Å². The molecule has 3 heteroatoms. The summed E-state index contributed by atoms with van der Waals surface area (Å²) in [5.41, 5.74) is 1.08.